The van der Waals surface area contributed by atoms with Crippen molar-refractivity contribution in [2.24, 2.45) is 0 Å². The van der Waals surface area contributed by atoms with Crippen molar-refractivity contribution in [2.75, 3.05) is 26.2 Å². The molecule has 6 heteroatoms. The minimum Gasteiger partial charge on any atom is -0.335 e. The molecule has 2 fully saturated rings. The highest BCUT2D eigenvalue weighted by atomic mass is 32.1. The minimum atomic E-state index is 0.0339. The quantitative estimate of drug-likeness (QED) is 0.731. The smallest absolute Gasteiger partial charge is 0.265 e. The number of hydrogen-bond donors (Lipinski definition) is 0. The second kappa shape index (κ2) is 8.13. The zero-order valence-electron chi connectivity index (χ0n) is 16.6. The molecule has 0 N–H and O–H groups in total. The van der Waals surface area contributed by atoms with Crippen LogP contribution in [0.25, 0.3) is 10.6 Å². The van der Waals surface area contributed by atoms with Crippen LogP contribution in [-0.2, 0) is 0 Å². The Labute approximate surface area is 170 Å². The van der Waals surface area contributed by atoms with E-state index in [0.717, 1.165) is 53.4 Å². The molecule has 0 atom stereocenters. The molecular weight excluding hydrogens is 370 g/mol. The number of piperazine rings is 1. The second-order valence-electron chi connectivity index (χ2n) is 7.84. The lowest BCUT2D eigenvalue weighted by Gasteiger charge is -2.37. The van der Waals surface area contributed by atoms with E-state index in [4.69, 9.17) is 0 Å². The number of aryl methyl sites for hydroxylation is 1. The molecule has 1 amide bonds. The molecule has 1 aromatic heterocycles. The molecule has 148 valence electrons. The number of ketones is 1. The number of thiazole rings is 1. The summed E-state index contributed by atoms with van der Waals surface area (Å²) in [6.45, 7) is 7.00. The maximum absolute atomic E-state index is 13.1. The van der Waals surface area contributed by atoms with Gasteiger partial charge in [-0.25, -0.2) is 4.98 Å². The molecule has 5 nitrogen and oxygen atoms in total. The predicted octanol–water partition coefficient (Wildman–Crippen LogP) is 4.02. The van der Waals surface area contributed by atoms with Crippen LogP contribution in [0.1, 0.15) is 58.3 Å². The number of rotatable bonds is 4. The summed E-state index contributed by atoms with van der Waals surface area (Å²) in [4.78, 5) is 34.6. The average molecular weight is 398 g/mol. The van der Waals surface area contributed by atoms with Gasteiger partial charge in [0, 0.05) is 43.3 Å². The van der Waals surface area contributed by atoms with Crippen LogP contribution in [-0.4, -0.2) is 58.7 Å². The van der Waals surface area contributed by atoms with Gasteiger partial charge in [0.1, 0.15) is 9.88 Å². The number of amides is 1. The number of hydrogen-bond acceptors (Lipinski definition) is 5. The predicted molar refractivity (Wildman–Crippen MR) is 112 cm³/mol. The topological polar surface area (TPSA) is 53.5 Å². The van der Waals surface area contributed by atoms with E-state index >= 15 is 0 Å². The fourth-order valence-corrected chi connectivity index (χ4v) is 5.32. The monoisotopic (exact) mass is 397 g/mol. The van der Waals surface area contributed by atoms with Crippen LogP contribution in [0.4, 0.5) is 0 Å². The fraction of sp³-hybridized carbons (Fsp3) is 0.500. The summed E-state index contributed by atoms with van der Waals surface area (Å²) in [5, 5.41) is 0.800. The van der Waals surface area contributed by atoms with Crippen LogP contribution in [0.5, 0.6) is 0 Å². The summed E-state index contributed by atoms with van der Waals surface area (Å²) >= 11 is 1.43. The lowest BCUT2D eigenvalue weighted by atomic mass is 10.1. The van der Waals surface area contributed by atoms with E-state index in [2.05, 4.69) is 9.88 Å². The molecule has 0 bridgehead atoms. The van der Waals surface area contributed by atoms with Gasteiger partial charge in [0.25, 0.3) is 5.91 Å². The highest BCUT2D eigenvalue weighted by Crippen LogP contribution is 2.30. The van der Waals surface area contributed by atoms with E-state index in [0.29, 0.717) is 5.56 Å². The standard InChI is InChI=1S/C22H27N3O2S/c1-15-20(28-21(23-15)18-7-5-6-17(14-18)16(2)26)22(27)25-12-10-24(11-13-25)19-8-3-4-9-19/h5-7,14,19H,3-4,8-13H2,1-2H3. The van der Waals surface area contributed by atoms with E-state index in [9.17, 15) is 9.59 Å². The van der Waals surface area contributed by atoms with Gasteiger partial charge in [-0.15, -0.1) is 11.3 Å². The zero-order valence-corrected chi connectivity index (χ0v) is 17.4. The molecule has 2 heterocycles. The lowest BCUT2D eigenvalue weighted by Crippen LogP contribution is -2.51. The van der Waals surface area contributed by atoms with Crippen LogP contribution < -0.4 is 0 Å². The molecule has 4 rings (SSSR count). The summed E-state index contributed by atoms with van der Waals surface area (Å²) in [6.07, 6.45) is 5.31. The van der Waals surface area contributed by atoms with E-state index in [1.54, 1.807) is 6.92 Å². The van der Waals surface area contributed by atoms with Gasteiger partial charge in [-0.2, -0.15) is 0 Å². The fourth-order valence-electron chi connectivity index (χ4n) is 4.29. The van der Waals surface area contributed by atoms with Gasteiger partial charge in [0.15, 0.2) is 5.78 Å². The third-order valence-corrected chi connectivity index (χ3v) is 7.14. The lowest BCUT2D eigenvalue weighted by molar-refractivity contribution is 0.0577. The largest absolute Gasteiger partial charge is 0.335 e. The molecular formula is C22H27N3O2S. The van der Waals surface area contributed by atoms with Gasteiger partial charge < -0.3 is 4.90 Å². The van der Waals surface area contributed by atoms with E-state index in [1.165, 1.54) is 37.0 Å². The third kappa shape index (κ3) is 3.89. The molecule has 2 aromatic rings. The van der Waals surface area contributed by atoms with Crippen LogP contribution in [0.3, 0.4) is 0 Å². The molecule has 1 aliphatic heterocycles. The van der Waals surface area contributed by atoms with Gasteiger partial charge in [-0.1, -0.05) is 31.0 Å². The molecule has 0 radical (unpaired) electrons. The summed E-state index contributed by atoms with van der Waals surface area (Å²) < 4.78 is 0. The average Bonchev–Trinajstić information content (AvgIpc) is 3.38. The number of carbonyl (C=O) groups excluding carboxylic acids is 2. The van der Waals surface area contributed by atoms with Gasteiger partial charge >= 0.3 is 0 Å². The number of aromatic nitrogens is 1. The van der Waals surface area contributed by atoms with Crippen LogP contribution in [0.2, 0.25) is 0 Å². The number of nitrogens with zero attached hydrogens (tertiary/aromatic N) is 3. The molecule has 1 aromatic carbocycles. The molecule has 0 spiro atoms. The van der Waals surface area contributed by atoms with Crippen molar-refractivity contribution in [1.29, 1.82) is 0 Å². The maximum atomic E-state index is 13.1. The maximum Gasteiger partial charge on any atom is 0.265 e. The van der Waals surface area contributed by atoms with E-state index < -0.39 is 0 Å². The number of benzene rings is 1. The van der Waals surface area contributed by atoms with Gasteiger partial charge in [-0.3, -0.25) is 14.5 Å². The van der Waals surface area contributed by atoms with Crippen molar-refractivity contribution in [3.63, 3.8) is 0 Å². The van der Waals surface area contributed by atoms with Crippen molar-refractivity contribution in [1.82, 2.24) is 14.8 Å². The molecule has 1 saturated carbocycles. The molecule has 2 aliphatic rings. The van der Waals surface area contributed by atoms with Crippen molar-refractivity contribution in [2.45, 2.75) is 45.6 Å². The van der Waals surface area contributed by atoms with Crippen molar-refractivity contribution in [3.8, 4) is 10.6 Å². The SMILES string of the molecule is CC(=O)c1cccc(-c2nc(C)c(C(=O)N3CCN(C4CCCC4)CC3)s2)c1. The van der Waals surface area contributed by atoms with Gasteiger partial charge in [0.05, 0.1) is 5.69 Å². The first-order chi connectivity index (χ1) is 13.5. The Kier molecular flexibility index (Phi) is 5.60. The number of carbonyl (C=O) groups is 2. The Balaban J connectivity index is 1.47. The Morgan fingerprint density at radius 3 is 2.50 bits per heavy atom. The summed E-state index contributed by atoms with van der Waals surface area (Å²) in [7, 11) is 0. The van der Waals surface area contributed by atoms with Crippen LogP contribution in [0, 0.1) is 6.92 Å². The van der Waals surface area contributed by atoms with E-state index in [-0.39, 0.29) is 11.7 Å². The molecule has 1 aliphatic carbocycles. The Morgan fingerprint density at radius 1 is 1.11 bits per heavy atom. The van der Waals surface area contributed by atoms with Crippen molar-refractivity contribution in [3.05, 3.63) is 40.4 Å². The molecule has 0 unspecified atom stereocenters. The first-order valence-electron chi connectivity index (χ1n) is 10.1. The van der Waals surface area contributed by atoms with E-state index in [1.807, 2.05) is 36.1 Å². The molecule has 28 heavy (non-hydrogen) atoms. The Morgan fingerprint density at radius 2 is 1.82 bits per heavy atom. The highest BCUT2D eigenvalue weighted by Gasteiger charge is 2.29. The normalized spacial score (nSPS) is 18.6. The second-order valence-corrected chi connectivity index (χ2v) is 8.84. The van der Waals surface area contributed by atoms with Gasteiger partial charge in [-0.05, 0) is 32.8 Å². The Bertz CT molecular complexity index is 878. The van der Waals surface area contributed by atoms with Crippen molar-refractivity contribution >= 4 is 23.0 Å². The minimum absolute atomic E-state index is 0.0339. The first kappa shape index (κ1) is 19.3. The first-order valence-corrected chi connectivity index (χ1v) is 11.0. The Hall–Kier alpha value is -2.05. The van der Waals surface area contributed by atoms with Gasteiger partial charge in [0.2, 0.25) is 0 Å². The summed E-state index contributed by atoms with van der Waals surface area (Å²) in [5.74, 6) is 0.126. The summed E-state index contributed by atoms with van der Waals surface area (Å²) in [5.41, 5.74) is 2.34. The van der Waals surface area contributed by atoms with Crippen LogP contribution >= 0.6 is 11.3 Å². The number of Topliss-reactive ketones (excluding diaryl/α,β-unsaturated/α-hetero) is 1. The highest BCUT2D eigenvalue weighted by molar-refractivity contribution is 7.17. The van der Waals surface area contributed by atoms with Crippen LogP contribution in [0.15, 0.2) is 24.3 Å². The molecule has 1 saturated heterocycles. The third-order valence-electron chi connectivity index (χ3n) is 5.95. The summed E-state index contributed by atoms with van der Waals surface area (Å²) in [6, 6.07) is 8.20. The van der Waals surface area contributed by atoms with Crippen molar-refractivity contribution < 1.29 is 9.59 Å². The zero-order chi connectivity index (χ0) is 19.7.